The molecule has 0 bridgehead atoms. The van der Waals surface area contributed by atoms with Crippen molar-refractivity contribution < 1.29 is 29.9 Å². The van der Waals surface area contributed by atoms with Crippen LogP contribution in [0.3, 0.4) is 0 Å². The average molecular weight is 623 g/mol. The third-order valence-electron chi connectivity index (χ3n) is 12.6. The van der Waals surface area contributed by atoms with Gasteiger partial charge in [-0.15, -0.1) is 0 Å². The zero-order valence-electron chi connectivity index (χ0n) is 29.0. The van der Waals surface area contributed by atoms with Crippen molar-refractivity contribution in [3.8, 4) is 0 Å². The summed E-state index contributed by atoms with van der Waals surface area (Å²) < 4.78 is 23.6. The second-order valence-corrected chi connectivity index (χ2v) is 26.6. The van der Waals surface area contributed by atoms with Gasteiger partial charge in [0.1, 0.15) is 0 Å². The molecule has 0 aliphatic rings. The molecule has 10 heteroatoms. The Bertz CT molecular complexity index is 624. The predicted molar refractivity (Wildman–Crippen MR) is 165 cm³/mol. The van der Waals surface area contributed by atoms with Gasteiger partial charge < -0.3 is 0 Å². The summed E-state index contributed by atoms with van der Waals surface area (Å²) in [6.45, 7) is 39.7. The quantitative estimate of drug-likeness (QED) is 0.192. The molecule has 0 spiro atoms. The summed E-state index contributed by atoms with van der Waals surface area (Å²) in [6, 6.07) is 0. The summed E-state index contributed by atoms with van der Waals surface area (Å²) in [5.41, 5.74) is 0. The van der Waals surface area contributed by atoms with Gasteiger partial charge >= 0.3 is 231 Å². The predicted octanol–water partition coefficient (Wildman–Crippen LogP) is 4.77. The van der Waals surface area contributed by atoms with E-state index in [0.717, 1.165) is 78.5 Å². The maximum Gasteiger partial charge on any atom is 0 e. The van der Waals surface area contributed by atoms with Crippen LogP contribution < -0.4 is 0 Å². The van der Waals surface area contributed by atoms with E-state index in [1.54, 1.807) is 0 Å². The van der Waals surface area contributed by atoms with Gasteiger partial charge in [0, 0.05) is 18.6 Å². The molecular weight excluding hydrogens is 550 g/mol. The van der Waals surface area contributed by atoms with Crippen molar-refractivity contribution in [1.29, 1.82) is 0 Å². The van der Waals surface area contributed by atoms with Crippen molar-refractivity contribution in [3.05, 3.63) is 0 Å². The third kappa shape index (κ3) is 2.53. The average Bonchev–Trinajstić information content (AvgIpc) is 2.93. The molecule has 0 heterocycles. The zero-order valence-corrected chi connectivity index (χ0v) is 31.8. The molecule has 0 aliphatic heterocycles. The Hall–Kier alpha value is 0.849. The van der Waals surface area contributed by atoms with E-state index in [1.807, 2.05) is 0 Å². The van der Waals surface area contributed by atoms with E-state index in [1.165, 1.54) is 0 Å². The second-order valence-electron chi connectivity index (χ2n) is 11.0. The molecule has 0 N–H and O–H groups in total. The fraction of sp³-hybridized carbons (Fsp3) is 1.00. The molecule has 0 amide bonds. The first kappa shape index (κ1) is 41.0. The van der Waals surface area contributed by atoms with E-state index in [9.17, 15) is 0 Å². The van der Waals surface area contributed by atoms with Crippen LogP contribution in [0.2, 0.25) is 0 Å². The number of hydrogen-bond acceptors (Lipinski definition) is 8. The Morgan fingerprint density at radius 1 is 0.289 bits per heavy atom. The van der Waals surface area contributed by atoms with E-state index >= 15 is 0 Å². The molecule has 0 saturated carbocycles. The van der Waals surface area contributed by atoms with Crippen LogP contribution >= 0.6 is 0 Å². The van der Waals surface area contributed by atoms with Gasteiger partial charge in [-0.05, 0) is 0 Å². The molecule has 0 unspecified atom stereocenters. The molecule has 0 rings (SSSR count). The minimum atomic E-state index is -6.83. The van der Waals surface area contributed by atoms with Crippen LogP contribution in [0.5, 0.6) is 0 Å². The van der Waals surface area contributed by atoms with E-state index in [2.05, 4.69) is 141 Å². The molecule has 0 aromatic rings. The van der Waals surface area contributed by atoms with Crippen LogP contribution in [0.1, 0.15) is 83.1 Å². The van der Waals surface area contributed by atoms with E-state index in [0.29, 0.717) is 0 Å². The van der Waals surface area contributed by atoms with Gasteiger partial charge in [0.25, 0.3) is 0 Å². The molecule has 234 valence electrons. The van der Waals surface area contributed by atoms with Gasteiger partial charge in [-0.2, -0.15) is 0 Å². The first-order valence-corrected chi connectivity index (χ1v) is 20.7. The minimum Gasteiger partial charge on any atom is 0 e. The number of hydrogen-bond donors (Lipinski definition) is 0. The van der Waals surface area contributed by atoms with E-state index < -0.39 is 11.4 Å². The largest absolute Gasteiger partial charge is 0 e. The van der Waals surface area contributed by atoms with E-state index in [-0.39, 0.29) is 18.6 Å². The van der Waals surface area contributed by atoms with Crippen LogP contribution in [0, 0.1) is 0 Å². The summed E-state index contributed by atoms with van der Waals surface area (Å²) in [6.07, 6.45) is 0. The SMILES string of the molecule is CC[N](C)[V]([N](C)CC)([N](C)CC)([N](C)CC)([N](CC)CC)([N](CC)CC)([N](CC)CC)[N](CC)CC.[V]. The van der Waals surface area contributed by atoms with Crippen molar-refractivity contribution in [2.75, 3.05) is 107 Å². The van der Waals surface area contributed by atoms with Crippen LogP contribution in [0.15, 0.2) is 0 Å². The first-order chi connectivity index (χ1) is 17.3. The first-order valence-electron chi connectivity index (χ1n) is 15.7. The normalized spacial score (nSPS) is 17.5. The summed E-state index contributed by atoms with van der Waals surface area (Å²) in [5.74, 6) is 0. The maximum atomic E-state index is 2.99. The summed E-state index contributed by atoms with van der Waals surface area (Å²) >= 11 is -6.83. The summed E-state index contributed by atoms with van der Waals surface area (Å²) in [7, 11) is 9.87. The number of rotatable bonds is 20. The molecule has 0 atom stereocenters. The fourth-order valence-electron chi connectivity index (χ4n) is 12.3. The molecule has 8 nitrogen and oxygen atoms in total. The molecule has 38 heavy (non-hydrogen) atoms. The van der Waals surface area contributed by atoms with E-state index in [4.69, 9.17) is 0 Å². The fourth-order valence-corrected chi connectivity index (χ4v) is 47.9. The number of nitrogens with zero attached hydrogens (tertiary/aromatic N) is 8. The molecule has 0 aromatic heterocycles. The van der Waals surface area contributed by atoms with Crippen molar-refractivity contribution in [2.24, 2.45) is 0 Å². The van der Waals surface area contributed by atoms with Gasteiger partial charge in [0.05, 0.1) is 0 Å². The topological polar surface area (TPSA) is 25.9 Å². The molecule has 1 radical (unpaired) electrons. The maximum absolute atomic E-state index is 6.83. The van der Waals surface area contributed by atoms with Crippen molar-refractivity contribution >= 4 is 0 Å². The Morgan fingerprint density at radius 2 is 0.421 bits per heavy atom. The van der Waals surface area contributed by atoms with Crippen molar-refractivity contribution in [3.63, 3.8) is 0 Å². The van der Waals surface area contributed by atoms with Gasteiger partial charge in [-0.25, -0.2) is 0 Å². The second kappa shape index (κ2) is 12.2. The van der Waals surface area contributed by atoms with Crippen LogP contribution in [-0.2, 0) is 29.9 Å². The van der Waals surface area contributed by atoms with Crippen molar-refractivity contribution in [1.82, 2.24) is 30.0 Å². The van der Waals surface area contributed by atoms with Crippen LogP contribution in [0.4, 0.5) is 0 Å². The summed E-state index contributed by atoms with van der Waals surface area (Å²) in [5, 5.41) is 0. The monoisotopic (exact) mass is 622 g/mol. The Labute approximate surface area is 248 Å². The molecular formula is C28H72N8V2. The van der Waals surface area contributed by atoms with Crippen LogP contribution in [-0.4, -0.2) is 137 Å². The van der Waals surface area contributed by atoms with Gasteiger partial charge in [0.15, 0.2) is 0 Å². The Kier molecular flexibility index (Phi) is 13.2. The van der Waals surface area contributed by atoms with Gasteiger partial charge in [-0.3, -0.25) is 0 Å². The minimum absolute atomic E-state index is 0. The zero-order chi connectivity index (χ0) is 29.5. The Balaban J connectivity index is 0. The smallest absolute Gasteiger partial charge is 0 e. The van der Waals surface area contributed by atoms with Gasteiger partial charge in [-0.1, -0.05) is 0 Å². The molecule has 0 fully saturated rings. The van der Waals surface area contributed by atoms with Crippen LogP contribution in [0.25, 0.3) is 0 Å². The molecule has 0 aromatic carbocycles. The van der Waals surface area contributed by atoms with Crippen molar-refractivity contribution in [2.45, 2.75) is 83.1 Å². The third-order valence-corrected chi connectivity index (χ3v) is 42.3. The van der Waals surface area contributed by atoms with Gasteiger partial charge in [0.2, 0.25) is 0 Å². The Morgan fingerprint density at radius 3 is 0.500 bits per heavy atom. The molecule has 0 aliphatic carbocycles. The standard InChI is InChI=1S/4C4H10N.4C3H8N.2V/c4*1-3-5-4-2;4*1-3-4-2;;/h4*3-4H2,1-2H3;4*3H2,1-2H3;;/q8*-1;;+8. The molecule has 0 saturated heterocycles. The summed E-state index contributed by atoms with van der Waals surface area (Å²) in [4.78, 5) is 0.